The summed E-state index contributed by atoms with van der Waals surface area (Å²) in [6.07, 6.45) is 2.14. The van der Waals surface area contributed by atoms with Crippen LogP contribution in [0.25, 0.3) is 0 Å². The van der Waals surface area contributed by atoms with Gasteiger partial charge < -0.3 is 5.73 Å². The molecule has 0 fully saturated rings. The van der Waals surface area contributed by atoms with Gasteiger partial charge in [-0.2, -0.15) is 0 Å². The molecule has 0 spiro atoms. The Kier molecular flexibility index (Phi) is 3.85. The standard InChI is InChI=1S/C15H16N2O/c1-11-5-4-6-12(9-11)10-13(16)15(18)14-7-2-3-8-17-14/h2-9,13H,10,16H2,1H3. The maximum absolute atomic E-state index is 12.0. The summed E-state index contributed by atoms with van der Waals surface area (Å²) >= 11 is 0. The van der Waals surface area contributed by atoms with Crippen LogP contribution in [-0.2, 0) is 6.42 Å². The highest BCUT2D eigenvalue weighted by Crippen LogP contribution is 2.08. The van der Waals surface area contributed by atoms with Crippen LogP contribution >= 0.6 is 0 Å². The highest BCUT2D eigenvalue weighted by Gasteiger charge is 2.16. The van der Waals surface area contributed by atoms with Crippen molar-refractivity contribution in [3.63, 3.8) is 0 Å². The Balaban J connectivity index is 2.09. The highest BCUT2D eigenvalue weighted by atomic mass is 16.1. The SMILES string of the molecule is Cc1cccc(CC(N)C(=O)c2ccccn2)c1. The molecule has 0 bridgehead atoms. The second-order valence-electron chi connectivity index (χ2n) is 4.38. The number of nitrogens with zero attached hydrogens (tertiary/aromatic N) is 1. The number of ketones is 1. The third kappa shape index (κ3) is 3.02. The number of hydrogen-bond acceptors (Lipinski definition) is 3. The molecule has 0 saturated heterocycles. The van der Waals surface area contributed by atoms with E-state index < -0.39 is 6.04 Å². The van der Waals surface area contributed by atoms with E-state index in [4.69, 9.17) is 5.73 Å². The summed E-state index contributed by atoms with van der Waals surface area (Å²) in [5.41, 5.74) is 8.62. The zero-order valence-electron chi connectivity index (χ0n) is 10.3. The smallest absolute Gasteiger partial charge is 0.198 e. The summed E-state index contributed by atoms with van der Waals surface area (Å²) in [5.74, 6) is -0.114. The Morgan fingerprint density at radius 3 is 2.78 bits per heavy atom. The quantitative estimate of drug-likeness (QED) is 0.833. The van der Waals surface area contributed by atoms with Crippen molar-refractivity contribution in [1.82, 2.24) is 4.98 Å². The van der Waals surface area contributed by atoms with Crippen LogP contribution in [0.1, 0.15) is 21.6 Å². The molecule has 0 saturated carbocycles. The van der Waals surface area contributed by atoms with E-state index in [1.807, 2.05) is 31.2 Å². The number of nitrogens with two attached hydrogens (primary N) is 1. The van der Waals surface area contributed by atoms with Crippen LogP contribution in [0.5, 0.6) is 0 Å². The number of benzene rings is 1. The molecule has 92 valence electrons. The number of hydrogen-bond donors (Lipinski definition) is 1. The number of Topliss-reactive ketones (excluding diaryl/α,β-unsaturated/α-hetero) is 1. The van der Waals surface area contributed by atoms with Gasteiger partial charge in [-0.25, -0.2) is 0 Å². The summed E-state index contributed by atoms with van der Waals surface area (Å²) in [6, 6.07) is 12.8. The Morgan fingerprint density at radius 2 is 2.11 bits per heavy atom. The first kappa shape index (κ1) is 12.5. The average molecular weight is 240 g/mol. The molecule has 0 amide bonds. The van der Waals surface area contributed by atoms with Gasteiger partial charge >= 0.3 is 0 Å². The van der Waals surface area contributed by atoms with E-state index in [-0.39, 0.29) is 5.78 Å². The zero-order chi connectivity index (χ0) is 13.0. The molecule has 0 aliphatic rings. The van der Waals surface area contributed by atoms with Gasteiger partial charge in [-0.1, -0.05) is 35.9 Å². The molecule has 18 heavy (non-hydrogen) atoms. The second-order valence-corrected chi connectivity index (χ2v) is 4.38. The monoisotopic (exact) mass is 240 g/mol. The maximum atomic E-state index is 12.0. The normalized spacial score (nSPS) is 12.1. The minimum atomic E-state index is -0.540. The van der Waals surface area contributed by atoms with Gasteiger partial charge in [0.25, 0.3) is 0 Å². The Hall–Kier alpha value is -2.00. The molecule has 2 rings (SSSR count). The Morgan fingerprint density at radius 1 is 1.28 bits per heavy atom. The fourth-order valence-corrected chi connectivity index (χ4v) is 1.88. The highest BCUT2D eigenvalue weighted by molar-refractivity contribution is 5.98. The van der Waals surface area contributed by atoms with E-state index in [2.05, 4.69) is 4.98 Å². The minimum Gasteiger partial charge on any atom is -0.321 e. The van der Waals surface area contributed by atoms with Gasteiger partial charge in [-0.15, -0.1) is 0 Å². The zero-order valence-corrected chi connectivity index (χ0v) is 10.3. The third-order valence-corrected chi connectivity index (χ3v) is 2.79. The van der Waals surface area contributed by atoms with Crippen molar-refractivity contribution in [1.29, 1.82) is 0 Å². The van der Waals surface area contributed by atoms with Crippen molar-refractivity contribution < 1.29 is 4.79 Å². The van der Waals surface area contributed by atoms with E-state index in [1.54, 1.807) is 24.4 Å². The van der Waals surface area contributed by atoms with Crippen molar-refractivity contribution in [3.05, 3.63) is 65.5 Å². The van der Waals surface area contributed by atoms with Crippen molar-refractivity contribution in [2.45, 2.75) is 19.4 Å². The predicted molar refractivity (Wildman–Crippen MR) is 71.4 cm³/mol. The summed E-state index contributed by atoms with van der Waals surface area (Å²) in [5, 5.41) is 0. The van der Waals surface area contributed by atoms with Crippen LogP contribution in [0.4, 0.5) is 0 Å². The van der Waals surface area contributed by atoms with E-state index in [0.717, 1.165) is 5.56 Å². The third-order valence-electron chi connectivity index (χ3n) is 2.79. The molecule has 2 N–H and O–H groups in total. The van der Waals surface area contributed by atoms with Crippen LogP contribution in [0.2, 0.25) is 0 Å². The van der Waals surface area contributed by atoms with Crippen molar-refractivity contribution in [2.24, 2.45) is 5.73 Å². The number of carbonyl (C=O) groups is 1. The fraction of sp³-hybridized carbons (Fsp3) is 0.200. The first-order valence-corrected chi connectivity index (χ1v) is 5.93. The number of rotatable bonds is 4. The first-order chi connectivity index (χ1) is 8.66. The van der Waals surface area contributed by atoms with Gasteiger partial charge in [0.2, 0.25) is 0 Å². The van der Waals surface area contributed by atoms with Gasteiger partial charge in [0.05, 0.1) is 6.04 Å². The topological polar surface area (TPSA) is 56.0 Å². The second kappa shape index (κ2) is 5.56. The average Bonchev–Trinajstić information content (AvgIpc) is 2.39. The van der Waals surface area contributed by atoms with Gasteiger partial charge in [-0.3, -0.25) is 9.78 Å². The van der Waals surface area contributed by atoms with Crippen LogP contribution < -0.4 is 5.73 Å². The van der Waals surface area contributed by atoms with Crippen LogP contribution in [0.15, 0.2) is 48.7 Å². The molecule has 0 aliphatic carbocycles. The van der Waals surface area contributed by atoms with Gasteiger partial charge in [0, 0.05) is 6.20 Å². The molecule has 1 atom stereocenters. The molecular formula is C15H16N2O. The van der Waals surface area contributed by atoms with Crippen LogP contribution in [0.3, 0.4) is 0 Å². The van der Waals surface area contributed by atoms with Crippen molar-refractivity contribution in [3.8, 4) is 0 Å². The van der Waals surface area contributed by atoms with Crippen LogP contribution in [0, 0.1) is 6.92 Å². The molecule has 1 heterocycles. The molecule has 1 unspecified atom stereocenters. The van der Waals surface area contributed by atoms with Gasteiger partial charge in [0.1, 0.15) is 5.69 Å². The van der Waals surface area contributed by atoms with Crippen molar-refractivity contribution in [2.75, 3.05) is 0 Å². The van der Waals surface area contributed by atoms with Crippen LogP contribution in [-0.4, -0.2) is 16.8 Å². The minimum absolute atomic E-state index is 0.114. The Labute approximate surface area is 107 Å². The molecule has 1 aromatic heterocycles. The molecule has 3 heteroatoms. The number of pyridine rings is 1. The largest absolute Gasteiger partial charge is 0.321 e. The first-order valence-electron chi connectivity index (χ1n) is 5.93. The summed E-state index contributed by atoms with van der Waals surface area (Å²) in [6.45, 7) is 2.02. The number of carbonyl (C=O) groups excluding carboxylic acids is 1. The molecule has 2 aromatic rings. The predicted octanol–water partition coefficient (Wildman–Crippen LogP) is 2.14. The molecule has 0 aliphatic heterocycles. The summed E-state index contributed by atoms with van der Waals surface area (Å²) in [7, 11) is 0. The van der Waals surface area contributed by atoms with Crippen molar-refractivity contribution >= 4 is 5.78 Å². The molecule has 0 radical (unpaired) electrons. The lowest BCUT2D eigenvalue weighted by Crippen LogP contribution is -2.33. The summed E-state index contributed by atoms with van der Waals surface area (Å²) < 4.78 is 0. The van der Waals surface area contributed by atoms with E-state index in [1.165, 1.54) is 5.56 Å². The van der Waals surface area contributed by atoms with Gasteiger partial charge in [-0.05, 0) is 31.0 Å². The lowest BCUT2D eigenvalue weighted by molar-refractivity contribution is 0.0956. The van der Waals surface area contributed by atoms with E-state index in [9.17, 15) is 4.79 Å². The van der Waals surface area contributed by atoms with E-state index >= 15 is 0 Å². The maximum Gasteiger partial charge on any atom is 0.198 e. The number of aryl methyl sites for hydroxylation is 1. The lowest BCUT2D eigenvalue weighted by atomic mass is 10.00. The molecule has 1 aromatic carbocycles. The Bertz CT molecular complexity index is 537. The van der Waals surface area contributed by atoms with E-state index in [0.29, 0.717) is 12.1 Å². The number of aromatic nitrogens is 1. The summed E-state index contributed by atoms with van der Waals surface area (Å²) in [4.78, 5) is 16.1. The lowest BCUT2D eigenvalue weighted by Gasteiger charge is -2.10. The van der Waals surface area contributed by atoms with Gasteiger partial charge in [0.15, 0.2) is 5.78 Å². The molecule has 3 nitrogen and oxygen atoms in total. The molecular weight excluding hydrogens is 224 g/mol. The fourth-order valence-electron chi connectivity index (χ4n) is 1.88.